The molecule has 1 unspecified atom stereocenters. The molecule has 0 N–H and O–H groups in total. The van der Waals surface area contributed by atoms with E-state index >= 15 is 0 Å². The van der Waals surface area contributed by atoms with Crippen LogP contribution in [0.25, 0.3) is 0 Å². The number of ether oxygens (including phenoxy) is 3. The van der Waals surface area contributed by atoms with E-state index in [1.807, 2.05) is 6.08 Å². The molecule has 6 heteroatoms. The highest BCUT2D eigenvalue weighted by Gasteiger charge is 2.19. The second kappa shape index (κ2) is 61.4. The largest absolute Gasteiger partial charge is 0.462 e. The second-order valence-electron chi connectivity index (χ2n) is 21.0. The molecule has 0 fully saturated rings. The van der Waals surface area contributed by atoms with Crippen LogP contribution >= 0.6 is 0 Å². The van der Waals surface area contributed by atoms with Crippen molar-refractivity contribution < 1.29 is 28.6 Å². The van der Waals surface area contributed by atoms with Crippen molar-refractivity contribution in [3.8, 4) is 0 Å². The van der Waals surface area contributed by atoms with E-state index in [2.05, 4.69) is 87.6 Å². The van der Waals surface area contributed by atoms with Gasteiger partial charge in [-0.05, 0) is 57.8 Å². The van der Waals surface area contributed by atoms with Crippen LogP contribution in [-0.2, 0) is 28.6 Å². The van der Waals surface area contributed by atoms with Crippen molar-refractivity contribution in [1.82, 2.24) is 0 Å². The molecule has 0 aliphatic carbocycles. The van der Waals surface area contributed by atoms with Crippen LogP contribution < -0.4 is 0 Å². The third kappa shape index (κ3) is 59.6. The maximum absolute atomic E-state index is 12.8. The Labute approximate surface area is 453 Å². The van der Waals surface area contributed by atoms with Crippen LogP contribution in [0.1, 0.15) is 316 Å². The van der Waals surface area contributed by atoms with Crippen LogP contribution in [0.3, 0.4) is 0 Å². The van der Waals surface area contributed by atoms with Crippen LogP contribution in [0.5, 0.6) is 0 Å². The van der Waals surface area contributed by atoms with Gasteiger partial charge in [-0.1, -0.05) is 312 Å². The van der Waals surface area contributed by atoms with Gasteiger partial charge in [0.2, 0.25) is 0 Å². The molecule has 73 heavy (non-hydrogen) atoms. The Morgan fingerprint density at radius 3 is 0.808 bits per heavy atom. The fraction of sp³-hybridized carbons (Fsp3) is 0.776. The molecule has 422 valence electrons. The van der Waals surface area contributed by atoms with Crippen molar-refractivity contribution in [1.29, 1.82) is 0 Å². The average Bonchev–Trinajstić information content (AvgIpc) is 3.39. The fourth-order valence-corrected chi connectivity index (χ4v) is 9.06. The smallest absolute Gasteiger partial charge is 0.306 e. The summed E-state index contributed by atoms with van der Waals surface area (Å²) in [7, 11) is 0. The molecular weight excluding hydrogens is 901 g/mol. The average molecular weight is 1020 g/mol. The van der Waals surface area contributed by atoms with E-state index < -0.39 is 12.1 Å². The molecule has 0 aromatic rings. The van der Waals surface area contributed by atoms with E-state index in [0.717, 1.165) is 77.0 Å². The van der Waals surface area contributed by atoms with Crippen LogP contribution in [0.2, 0.25) is 0 Å². The van der Waals surface area contributed by atoms with Crippen LogP contribution in [0.4, 0.5) is 0 Å². The van der Waals surface area contributed by atoms with Gasteiger partial charge in [0.05, 0.1) is 0 Å². The molecule has 0 saturated carbocycles. The van der Waals surface area contributed by atoms with Gasteiger partial charge in [-0.3, -0.25) is 14.4 Å². The molecule has 0 aliphatic rings. The first-order valence-corrected chi connectivity index (χ1v) is 31.4. The number of rotatable bonds is 57. The predicted molar refractivity (Wildman–Crippen MR) is 316 cm³/mol. The van der Waals surface area contributed by atoms with E-state index in [-0.39, 0.29) is 31.6 Å². The SMILES string of the molecule is CC/C=C\C/C=C\C/C=C\C/C=C\C/C=C\C/C=C\CCC(=O)OC(COC(=O)CCCCCCCC)COC(=O)CCCCCCCCCCCCCCCCCCCCCCCCCCCCCCCC. The summed E-state index contributed by atoms with van der Waals surface area (Å²) in [5.74, 6) is -0.988. The summed E-state index contributed by atoms with van der Waals surface area (Å²) in [6.45, 7) is 6.43. The summed E-state index contributed by atoms with van der Waals surface area (Å²) in [6.07, 6.45) is 79.8. The molecule has 1 atom stereocenters. The molecule has 0 bridgehead atoms. The molecular formula is C67H118O6. The highest BCUT2D eigenvalue weighted by Crippen LogP contribution is 2.17. The molecule has 0 heterocycles. The third-order valence-corrected chi connectivity index (χ3v) is 13.7. The molecule has 0 aliphatic heterocycles. The number of carbonyl (C=O) groups excluding carboxylic acids is 3. The molecule has 0 rings (SSSR count). The summed E-state index contributed by atoms with van der Waals surface area (Å²) in [4.78, 5) is 37.9. The summed E-state index contributed by atoms with van der Waals surface area (Å²) < 4.78 is 16.7. The van der Waals surface area contributed by atoms with Crippen LogP contribution in [0, 0.1) is 0 Å². The van der Waals surface area contributed by atoms with Crippen molar-refractivity contribution in [2.45, 2.75) is 322 Å². The first-order chi connectivity index (χ1) is 36.0. The Morgan fingerprint density at radius 2 is 0.534 bits per heavy atom. The maximum Gasteiger partial charge on any atom is 0.306 e. The quantitative estimate of drug-likeness (QED) is 0.0261. The van der Waals surface area contributed by atoms with Gasteiger partial charge in [-0.15, -0.1) is 0 Å². The van der Waals surface area contributed by atoms with Crippen LogP contribution in [-0.4, -0.2) is 37.2 Å². The minimum Gasteiger partial charge on any atom is -0.462 e. The number of hydrogen-bond donors (Lipinski definition) is 0. The zero-order valence-electron chi connectivity index (χ0n) is 48.4. The predicted octanol–water partition coefficient (Wildman–Crippen LogP) is 21.3. The molecule has 6 nitrogen and oxygen atoms in total. The van der Waals surface area contributed by atoms with Gasteiger partial charge < -0.3 is 14.2 Å². The molecule has 0 aromatic carbocycles. The number of unbranched alkanes of at least 4 members (excludes halogenated alkanes) is 34. The first kappa shape index (κ1) is 69.8. The number of hydrogen-bond acceptors (Lipinski definition) is 6. The van der Waals surface area contributed by atoms with E-state index in [4.69, 9.17) is 14.2 Å². The summed E-state index contributed by atoms with van der Waals surface area (Å²) in [5, 5.41) is 0. The van der Waals surface area contributed by atoms with Crippen LogP contribution in [0.15, 0.2) is 72.9 Å². The van der Waals surface area contributed by atoms with Crippen molar-refractivity contribution in [3.05, 3.63) is 72.9 Å². The lowest BCUT2D eigenvalue weighted by atomic mass is 10.0. The molecule has 0 spiro atoms. The van der Waals surface area contributed by atoms with Crippen molar-refractivity contribution in [3.63, 3.8) is 0 Å². The van der Waals surface area contributed by atoms with Gasteiger partial charge in [0.25, 0.3) is 0 Å². The minimum absolute atomic E-state index is 0.103. The van der Waals surface area contributed by atoms with Gasteiger partial charge in [-0.25, -0.2) is 0 Å². The van der Waals surface area contributed by atoms with Gasteiger partial charge >= 0.3 is 17.9 Å². The van der Waals surface area contributed by atoms with E-state index in [0.29, 0.717) is 19.3 Å². The Balaban J connectivity index is 4.07. The van der Waals surface area contributed by atoms with Gasteiger partial charge in [0.15, 0.2) is 6.10 Å². The zero-order chi connectivity index (χ0) is 52.9. The third-order valence-electron chi connectivity index (χ3n) is 13.7. The molecule has 0 amide bonds. The lowest BCUT2D eigenvalue weighted by molar-refractivity contribution is -0.166. The van der Waals surface area contributed by atoms with E-state index in [1.165, 1.54) is 193 Å². The van der Waals surface area contributed by atoms with Crippen molar-refractivity contribution in [2.75, 3.05) is 13.2 Å². The maximum atomic E-state index is 12.8. The van der Waals surface area contributed by atoms with E-state index in [1.54, 1.807) is 0 Å². The van der Waals surface area contributed by atoms with Crippen molar-refractivity contribution >= 4 is 17.9 Å². The standard InChI is InChI=1S/C67H118O6/c1-4-7-10-13-16-18-20-22-24-26-28-29-30-31-32-33-34-35-36-37-38-40-41-43-45-47-49-51-54-57-60-66(69)72-63-64(62-71-65(68)59-56-53-15-12-9-6-3)73-67(70)61-58-55-52-50-48-46-44-42-39-27-25-23-21-19-17-14-11-8-5-2/h8,11,17,19,23,25,39,42,46,48,52,55,64H,4-7,9-10,12-16,18,20-22,24,26-38,40-41,43-45,47,49-51,53-54,56-63H2,1-3H3/b11-8-,19-17-,25-23-,42-39-,48-46-,55-52-. The van der Waals surface area contributed by atoms with E-state index in [9.17, 15) is 14.4 Å². The highest BCUT2D eigenvalue weighted by molar-refractivity contribution is 5.71. The summed E-state index contributed by atoms with van der Waals surface area (Å²) >= 11 is 0. The Kier molecular flexibility index (Phi) is 58.7. The molecule has 0 radical (unpaired) electrons. The summed E-state index contributed by atoms with van der Waals surface area (Å²) in [6, 6.07) is 0. The topological polar surface area (TPSA) is 78.9 Å². The summed E-state index contributed by atoms with van der Waals surface area (Å²) in [5.41, 5.74) is 0. The number of allylic oxidation sites excluding steroid dienone is 12. The highest BCUT2D eigenvalue weighted by atomic mass is 16.6. The monoisotopic (exact) mass is 1020 g/mol. The Bertz CT molecular complexity index is 1360. The Morgan fingerprint density at radius 1 is 0.288 bits per heavy atom. The zero-order valence-corrected chi connectivity index (χ0v) is 48.4. The number of esters is 3. The van der Waals surface area contributed by atoms with Gasteiger partial charge in [0.1, 0.15) is 13.2 Å². The minimum atomic E-state index is -0.811. The Hall–Kier alpha value is -3.15. The fourth-order valence-electron chi connectivity index (χ4n) is 9.06. The van der Waals surface area contributed by atoms with Gasteiger partial charge in [-0.2, -0.15) is 0 Å². The van der Waals surface area contributed by atoms with Gasteiger partial charge in [0, 0.05) is 19.3 Å². The molecule has 0 saturated heterocycles. The second-order valence-corrected chi connectivity index (χ2v) is 21.0. The first-order valence-electron chi connectivity index (χ1n) is 31.4. The lowest BCUT2D eigenvalue weighted by Gasteiger charge is -2.18. The number of carbonyl (C=O) groups is 3. The normalized spacial score (nSPS) is 12.5. The lowest BCUT2D eigenvalue weighted by Crippen LogP contribution is -2.30. The van der Waals surface area contributed by atoms with Crippen molar-refractivity contribution in [2.24, 2.45) is 0 Å². The molecule has 0 aromatic heterocycles.